The second kappa shape index (κ2) is 5.53. The molecule has 3 aliphatic heterocycles. The fourth-order valence-corrected chi connectivity index (χ4v) is 3.70. The second-order valence-corrected chi connectivity index (χ2v) is 6.53. The Kier molecular flexibility index (Phi) is 3.49. The average molecular weight is 315 g/mol. The molecule has 3 aliphatic rings. The van der Waals surface area contributed by atoms with E-state index in [1.165, 1.54) is 0 Å². The van der Waals surface area contributed by atoms with E-state index in [2.05, 4.69) is 10.6 Å². The Balaban J connectivity index is 1.45. The monoisotopic (exact) mass is 315 g/mol. The van der Waals surface area contributed by atoms with Crippen LogP contribution in [0.1, 0.15) is 36.0 Å². The van der Waals surface area contributed by atoms with Crippen molar-refractivity contribution in [1.29, 1.82) is 0 Å². The van der Waals surface area contributed by atoms with Crippen molar-refractivity contribution in [2.45, 2.75) is 37.5 Å². The van der Waals surface area contributed by atoms with Gasteiger partial charge < -0.3 is 20.3 Å². The molecule has 4 rings (SSSR count). The first-order valence-electron chi connectivity index (χ1n) is 8.27. The molecule has 0 unspecified atom stereocenters. The summed E-state index contributed by atoms with van der Waals surface area (Å²) in [4.78, 5) is 26.6. The quantitative estimate of drug-likeness (QED) is 0.820. The van der Waals surface area contributed by atoms with E-state index in [1.807, 2.05) is 29.2 Å². The van der Waals surface area contributed by atoms with Crippen LogP contribution in [0.2, 0.25) is 0 Å². The number of amides is 2. The third-order valence-corrected chi connectivity index (χ3v) is 5.03. The molecule has 1 atom stereocenters. The number of anilines is 1. The predicted octanol–water partition coefficient (Wildman–Crippen LogP) is 1.34. The highest BCUT2D eigenvalue weighted by Crippen LogP contribution is 2.31. The third kappa shape index (κ3) is 2.57. The zero-order valence-electron chi connectivity index (χ0n) is 13.0. The fraction of sp³-hybridized carbons (Fsp3) is 0.529. The predicted molar refractivity (Wildman–Crippen MR) is 85.0 cm³/mol. The van der Waals surface area contributed by atoms with Crippen LogP contribution in [0.5, 0.6) is 0 Å². The summed E-state index contributed by atoms with van der Waals surface area (Å²) in [6.45, 7) is 1.95. The van der Waals surface area contributed by atoms with Gasteiger partial charge in [-0.1, -0.05) is 12.1 Å². The number of nitrogens with zero attached hydrogens (tertiary/aromatic N) is 1. The molecule has 1 aromatic rings. The first-order valence-corrected chi connectivity index (χ1v) is 8.27. The number of para-hydroxylation sites is 1. The average Bonchev–Trinajstić information content (AvgIpc) is 3.09. The number of likely N-dealkylation sites (tertiary alicyclic amines) is 1. The molecule has 0 radical (unpaired) electrons. The standard InChI is InChI=1S/C17H21N3O3/c21-15-12-4-1-2-5-13(12)18-17(19-15)7-9-20(10-8-17)16(22)14-6-3-11-23-14/h1-2,4-5,14,18H,3,6-11H2,(H,19,21)/t14-/m1/s1. The normalized spacial score (nSPS) is 25.7. The maximum atomic E-state index is 12.4. The number of ether oxygens (including phenoxy) is 1. The first-order chi connectivity index (χ1) is 11.2. The summed E-state index contributed by atoms with van der Waals surface area (Å²) < 4.78 is 5.49. The number of piperidine rings is 1. The van der Waals surface area contributed by atoms with E-state index in [0.717, 1.165) is 18.5 Å². The second-order valence-electron chi connectivity index (χ2n) is 6.53. The number of hydrogen-bond donors (Lipinski definition) is 2. The third-order valence-electron chi connectivity index (χ3n) is 5.03. The van der Waals surface area contributed by atoms with Crippen LogP contribution in [0.15, 0.2) is 24.3 Å². The molecule has 2 fully saturated rings. The molecule has 2 saturated heterocycles. The number of carbonyl (C=O) groups excluding carboxylic acids is 2. The Hall–Kier alpha value is -2.08. The summed E-state index contributed by atoms with van der Waals surface area (Å²) in [5, 5.41) is 6.57. The number of carbonyl (C=O) groups is 2. The minimum Gasteiger partial charge on any atom is -0.368 e. The lowest BCUT2D eigenvalue weighted by atomic mass is 9.92. The number of rotatable bonds is 1. The fourth-order valence-electron chi connectivity index (χ4n) is 3.70. The summed E-state index contributed by atoms with van der Waals surface area (Å²) in [6, 6.07) is 7.54. The van der Waals surface area contributed by atoms with Crippen LogP contribution in [0.4, 0.5) is 5.69 Å². The zero-order valence-corrected chi connectivity index (χ0v) is 13.0. The van der Waals surface area contributed by atoms with Crippen molar-refractivity contribution in [1.82, 2.24) is 10.2 Å². The molecule has 0 bridgehead atoms. The zero-order chi connectivity index (χ0) is 15.9. The van der Waals surface area contributed by atoms with Crippen LogP contribution in [-0.2, 0) is 9.53 Å². The molecular weight excluding hydrogens is 294 g/mol. The van der Waals surface area contributed by atoms with E-state index in [1.54, 1.807) is 0 Å². The SMILES string of the molecule is O=C1NC2(CCN(C(=O)[C@H]3CCCO3)CC2)Nc2ccccc21. The highest BCUT2D eigenvalue weighted by atomic mass is 16.5. The highest BCUT2D eigenvalue weighted by Gasteiger charge is 2.42. The van der Waals surface area contributed by atoms with Gasteiger partial charge in [-0.25, -0.2) is 0 Å². The van der Waals surface area contributed by atoms with Crippen LogP contribution in [-0.4, -0.2) is 48.2 Å². The van der Waals surface area contributed by atoms with E-state index in [-0.39, 0.29) is 17.9 Å². The van der Waals surface area contributed by atoms with E-state index >= 15 is 0 Å². The molecular formula is C17H21N3O3. The van der Waals surface area contributed by atoms with Gasteiger partial charge in [-0.15, -0.1) is 0 Å². The minimum absolute atomic E-state index is 0.0433. The topological polar surface area (TPSA) is 70.7 Å². The Bertz CT molecular complexity index is 632. The Labute approximate surface area is 135 Å². The van der Waals surface area contributed by atoms with E-state index in [9.17, 15) is 9.59 Å². The molecule has 1 aromatic carbocycles. The smallest absolute Gasteiger partial charge is 0.255 e. The molecule has 0 saturated carbocycles. The lowest BCUT2D eigenvalue weighted by molar-refractivity contribution is -0.142. The van der Waals surface area contributed by atoms with E-state index in [0.29, 0.717) is 38.1 Å². The summed E-state index contributed by atoms with van der Waals surface area (Å²) in [5.41, 5.74) is 1.10. The van der Waals surface area contributed by atoms with Crippen molar-refractivity contribution < 1.29 is 14.3 Å². The van der Waals surface area contributed by atoms with Gasteiger partial charge in [0, 0.05) is 38.2 Å². The molecule has 6 nitrogen and oxygen atoms in total. The van der Waals surface area contributed by atoms with Gasteiger partial charge in [0.25, 0.3) is 11.8 Å². The van der Waals surface area contributed by atoms with Crippen LogP contribution in [0, 0.1) is 0 Å². The van der Waals surface area contributed by atoms with Gasteiger partial charge >= 0.3 is 0 Å². The molecule has 23 heavy (non-hydrogen) atoms. The van der Waals surface area contributed by atoms with Gasteiger partial charge in [-0.3, -0.25) is 9.59 Å². The highest BCUT2D eigenvalue weighted by molar-refractivity contribution is 6.02. The van der Waals surface area contributed by atoms with Crippen molar-refractivity contribution in [3.63, 3.8) is 0 Å². The van der Waals surface area contributed by atoms with Crippen molar-refractivity contribution >= 4 is 17.5 Å². The van der Waals surface area contributed by atoms with Crippen molar-refractivity contribution in [2.75, 3.05) is 25.0 Å². The largest absolute Gasteiger partial charge is 0.368 e. The van der Waals surface area contributed by atoms with Gasteiger partial charge in [0.05, 0.1) is 5.56 Å². The van der Waals surface area contributed by atoms with Gasteiger partial charge in [-0.05, 0) is 25.0 Å². The molecule has 122 valence electrons. The van der Waals surface area contributed by atoms with Crippen molar-refractivity contribution in [3.8, 4) is 0 Å². The van der Waals surface area contributed by atoms with E-state index < -0.39 is 5.66 Å². The van der Waals surface area contributed by atoms with Crippen LogP contribution in [0.25, 0.3) is 0 Å². The number of fused-ring (bicyclic) bond motifs is 1. The maximum Gasteiger partial charge on any atom is 0.255 e. The molecule has 0 aromatic heterocycles. The molecule has 2 amide bonds. The lowest BCUT2D eigenvalue weighted by Crippen LogP contribution is -2.63. The maximum absolute atomic E-state index is 12.4. The Morgan fingerprint density at radius 2 is 2.00 bits per heavy atom. The summed E-state index contributed by atoms with van der Waals surface area (Å²) in [6.07, 6.45) is 2.92. The van der Waals surface area contributed by atoms with Gasteiger partial charge in [0.1, 0.15) is 11.8 Å². The van der Waals surface area contributed by atoms with Gasteiger partial charge in [-0.2, -0.15) is 0 Å². The lowest BCUT2D eigenvalue weighted by Gasteiger charge is -2.46. The van der Waals surface area contributed by atoms with Crippen molar-refractivity contribution in [2.24, 2.45) is 0 Å². The molecule has 2 N–H and O–H groups in total. The summed E-state index contributed by atoms with van der Waals surface area (Å²) in [5.74, 6) is 0.0538. The Morgan fingerprint density at radius 1 is 1.22 bits per heavy atom. The number of benzene rings is 1. The van der Waals surface area contributed by atoms with Crippen LogP contribution < -0.4 is 10.6 Å². The van der Waals surface area contributed by atoms with Crippen LogP contribution in [0.3, 0.4) is 0 Å². The Morgan fingerprint density at radius 3 is 2.74 bits per heavy atom. The first kappa shape index (κ1) is 14.5. The number of nitrogens with one attached hydrogen (secondary N) is 2. The molecule has 0 aliphatic carbocycles. The van der Waals surface area contributed by atoms with Crippen molar-refractivity contribution in [3.05, 3.63) is 29.8 Å². The molecule has 3 heterocycles. The minimum atomic E-state index is -0.446. The van der Waals surface area contributed by atoms with Crippen LogP contribution >= 0.6 is 0 Å². The molecule has 1 spiro atoms. The number of hydrogen-bond acceptors (Lipinski definition) is 4. The summed E-state index contributed by atoms with van der Waals surface area (Å²) >= 11 is 0. The molecule has 6 heteroatoms. The van der Waals surface area contributed by atoms with E-state index in [4.69, 9.17) is 4.74 Å². The summed E-state index contributed by atoms with van der Waals surface area (Å²) in [7, 11) is 0. The van der Waals surface area contributed by atoms with Gasteiger partial charge in [0.15, 0.2) is 0 Å². The van der Waals surface area contributed by atoms with Gasteiger partial charge in [0.2, 0.25) is 0 Å².